The number of urea groups is 1. The predicted octanol–water partition coefficient (Wildman–Crippen LogP) is 1.92. The van der Waals surface area contributed by atoms with Crippen molar-refractivity contribution in [3.8, 4) is 0 Å². The van der Waals surface area contributed by atoms with Gasteiger partial charge in [0.05, 0.1) is 0 Å². The van der Waals surface area contributed by atoms with E-state index in [2.05, 4.69) is 22.6 Å². The molecule has 0 radical (unpaired) electrons. The van der Waals surface area contributed by atoms with Gasteiger partial charge in [-0.2, -0.15) is 0 Å². The third kappa shape index (κ3) is 4.21. The summed E-state index contributed by atoms with van der Waals surface area (Å²) in [6, 6.07) is 7.74. The molecule has 2 unspecified atom stereocenters. The highest BCUT2D eigenvalue weighted by atomic mass is 16.2. The van der Waals surface area contributed by atoms with Gasteiger partial charge in [0, 0.05) is 24.3 Å². The normalized spacial score (nSPS) is 21.2. The van der Waals surface area contributed by atoms with Crippen LogP contribution in [0.1, 0.15) is 31.4 Å². The summed E-state index contributed by atoms with van der Waals surface area (Å²) in [5, 5.41) is 5.88. The van der Waals surface area contributed by atoms with Crippen LogP contribution in [0.4, 0.5) is 10.5 Å². The maximum absolute atomic E-state index is 11.9. The maximum atomic E-state index is 11.9. The SMILES string of the molecule is CC(N)c1ccc(NC(=O)NC2CCCN(C)C2)cc1. The van der Waals surface area contributed by atoms with E-state index in [4.69, 9.17) is 5.73 Å². The lowest BCUT2D eigenvalue weighted by molar-refractivity contribution is 0.216. The van der Waals surface area contributed by atoms with Gasteiger partial charge in [-0.3, -0.25) is 0 Å². The predicted molar refractivity (Wildman–Crippen MR) is 81.7 cm³/mol. The molecule has 2 rings (SSSR count). The van der Waals surface area contributed by atoms with Crippen LogP contribution < -0.4 is 16.4 Å². The molecule has 20 heavy (non-hydrogen) atoms. The van der Waals surface area contributed by atoms with Gasteiger partial charge in [0.25, 0.3) is 0 Å². The van der Waals surface area contributed by atoms with Crippen molar-refractivity contribution in [1.82, 2.24) is 10.2 Å². The second-order valence-electron chi connectivity index (χ2n) is 5.61. The lowest BCUT2D eigenvalue weighted by Crippen LogP contribution is -2.47. The molecule has 1 fully saturated rings. The van der Waals surface area contributed by atoms with Crippen LogP contribution in [0, 0.1) is 0 Å². The molecule has 0 bridgehead atoms. The minimum Gasteiger partial charge on any atom is -0.334 e. The Morgan fingerprint density at radius 2 is 2.10 bits per heavy atom. The zero-order chi connectivity index (χ0) is 14.5. The number of anilines is 1. The Morgan fingerprint density at radius 1 is 1.40 bits per heavy atom. The van der Waals surface area contributed by atoms with E-state index in [0.29, 0.717) is 0 Å². The second kappa shape index (κ2) is 6.72. The first-order valence-electron chi connectivity index (χ1n) is 7.16. The number of carbonyl (C=O) groups excluding carboxylic acids is 1. The fourth-order valence-electron chi connectivity index (χ4n) is 2.51. The molecule has 1 saturated heterocycles. The number of rotatable bonds is 3. The number of hydrogen-bond acceptors (Lipinski definition) is 3. The maximum Gasteiger partial charge on any atom is 0.319 e. The van der Waals surface area contributed by atoms with E-state index in [1.807, 2.05) is 31.2 Å². The number of nitrogens with one attached hydrogen (secondary N) is 2. The first kappa shape index (κ1) is 14.8. The molecule has 0 spiro atoms. The summed E-state index contributed by atoms with van der Waals surface area (Å²) in [4.78, 5) is 14.2. The number of carbonyl (C=O) groups is 1. The molecule has 5 heteroatoms. The Kier molecular flexibility index (Phi) is 4.98. The van der Waals surface area contributed by atoms with Crippen LogP contribution in [-0.2, 0) is 0 Å². The lowest BCUT2D eigenvalue weighted by Gasteiger charge is -2.30. The summed E-state index contributed by atoms with van der Waals surface area (Å²) < 4.78 is 0. The van der Waals surface area contributed by atoms with E-state index < -0.39 is 0 Å². The van der Waals surface area contributed by atoms with Gasteiger partial charge in [0.2, 0.25) is 0 Å². The van der Waals surface area contributed by atoms with E-state index in [1.54, 1.807) is 0 Å². The summed E-state index contributed by atoms with van der Waals surface area (Å²) in [6.07, 6.45) is 2.17. The standard InChI is InChI=1S/C15H24N4O/c1-11(16)12-5-7-13(8-6-12)17-15(20)18-14-4-3-9-19(2)10-14/h5-8,11,14H,3-4,9-10,16H2,1-2H3,(H2,17,18,20). The highest BCUT2D eigenvalue weighted by Crippen LogP contribution is 2.14. The quantitative estimate of drug-likeness (QED) is 0.790. The van der Waals surface area contributed by atoms with Gasteiger partial charge in [0.15, 0.2) is 0 Å². The van der Waals surface area contributed by atoms with Crippen LogP contribution in [0.3, 0.4) is 0 Å². The van der Waals surface area contributed by atoms with Crippen molar-refractivity contribution >= 4 is 11.7 Å². The number of likely N-dealkylation sites (tertiary alicyclic amines) is 1. The Bertz CT molecular complexity index is 444. The number of piperidine rings is 1. The molecule has 1 aliphatic heterocycles. The van der Waals surface area contributed by atoms with Crippen LogP contribution in [0.2, 0.25) is 0 Å². The highest BCUT2D eigenvalue weighted by molar-refractivity contribution is 5.89. The summed E-state index contributed by atoms with van der Waals surface area (Å²) in [5.74, 6) is 0. The van der Waals surface area contributed by atoms with Crippen molar-refractivity contribution in [3.63, 3.8) is 0 Å². The molecule has 1 aliphatic rings. The zero-order valence-corrected chi connectivity index (χ0v) is 12.2. The van der Waals surface area contributed by atoms with Gasteiger partial charge < -0.3 is 21.3 Å². The minimum atomic E-state index is -0.140. The molecular formula is C15H24N4O. The minimum absolute atomic E-state index is 0.00986. The van der Waals surface area contributed by atoms with Crippen LogP contribution in [0.5, 0.6) is 0 Å². The molecule has 110 valence electrons. The van der Waals surface area contributed by atoms with Crippen molar-refractivity contribution in [2.75, 3.05) is 25.5 Å². The van der Waals surface area contributed by atoms with Gasteiger partial charge >= 0.3 is 6.03 Å². The third-order valence-corrected chi connectivity index (χ3v) is 3.65. The Labute approximate surface area is 120 Å². The summed E-state index contributed by atoms with van der Waals surface area (Å²) in [7, 11) is 2.08. The van der Waals surface area contributed by atoms with Crippen LogP contribution in [-0.4, -0.2) is 37.1 Å². The number of amides is 2. The van der Waals surface area contributed by atoms with Crippen molar-refractivity contribution in [3.05, 3.63) is 29.8 Å². The monoisotopic (exact) mass is 276 g/mol. The average molecular weight is 276 g/mol. The van der Waals surface area contributed by atoms with E-state index in [-0.39, 0.29) is 18.1 Å². The number of likely N-dealkylation sites (N-methyl/N-ethyl adjacent to an activating group) is 1. The van der Waals surface area contributed by atoms with Crippen LogP contribution in [0.15, 0.2) is 24.3 Å². The van der Waals surface area contributed by atoms with Gasteiger partial charge in [-0.05, 0) is 51.1 Å². The van der Waals surface area contributed by atoms with Crippen LogP contribution in [0.25, 0.3) is 0 Å². The smallest absolute Gasteiger partial charge is 0.319 e. The summed E-state index contributed by atoms with van der Waals surface area (Å²) in [6.45, 7) is 3.96. The molecule has 0 aliphatic carbocycles. The fraction of sp³-hybridized carbons (Fsp3) is 0.533. The average Bonchev–Trinajstić information content (AvgIpc) is 2.39. The molecule has 2 amide bonds. The summed E-state index contributed by atoms with van der Waals surface area (Å²) >= 11 is 0. The molecule has 1 heterocycles. The largest absolute Gasteiger partial charge is 0.334 e. The second-order valence-corrected chi connectivity index (χ2v) is 5.61. The Balaban J connectivity index is 1.84. The van der Waals surface area contributed by atoms with Crippen molar-refractivity contribution in [1.29, 1.82) is 0 Å². The molecule has 5 nitrogen and oxygen atoms in total. The van der Waals surface area contributed by atoms with Gasteiger partial charge in [-0.25, -0.2) is 4.79 Å². The molecule has 0 aromatic heterocycles. The fourth-order valence-corrected chi connectivity index (χ4v) is 2.51. The number of nitrogens with zero attached hydrogens (tertiary/aromatic N) is 1. The van der Waals surface area contributed by atoms with Crippen LogP contribution >= 0.6 is 0 Å². The van der Waals surface area contributed by atoms with Crippen molar-refractivity contribution in [2.24, 2.45) is 5.73 Å². The number of benzene rings is 1. The third-order valence-electron chi connectivity index (χ3n) is 3.65. The number of hydrogen-bond donors (Lipinski definition) is 3. The first-order chi connectivity index (χ1) is 9.54. The van der Waals surface area contributed by atoms with Crippen molar-refractivity contribution < 1.29 is 4.79 Å². The van der Waals surface area contributed by atoms with E-state index in [1.165, 1.54) is 0 Å². The molecular weight excluding hydrogens is 252 g/mol. The first-order valence-corrected chi connectivity index (χ1v) is 7.16. The van der Waals surface area contributed by atoms with Crippen molar-refractivity contribution in [2.45, 2.75) is 31.8 Å². The van der Waals surface area contributed by atoms with Gasteiger partial charge in [-0.1, -0.05) is 12.1 Å². The molecule has 4 N–H and O–H groups in total. The number of nitrogens with two attached hydrogens (primary N) is 1. The lowest BCUT2D eigenvalue weighted by atomic mass is 10.1. The molecule has 0 saturated carbocycles. The molecule has 1 aromatic carbocycles. The molecule has 1 aromatic rings. The van der Waals surface area contributed by atoms with E-state index in [9.17, 15) is 4.79 Å². The Morgan fingerprint density at radius 3 is 2.70 bits per heavy atom. The highest BCUT2D eigenvalue weighted by Gasteiger charge is 2.18. The van der Waals surface area contributed by atoms with Gasteiger partial charge in [0.1, 0.15) is 0 Å². The zero-order valence-electron chi connectivity index (χ0n) is 12.2. The van der Waals surface area contributed by atoms with E-state index >= 15 is 0 Å². The molecule has 2 atom stereocenters. The Hall–Kier alpha value is -1.59. The van der Waals surface area contributed by atoms with E-state index in [0.717, 1.165) is 37.2 Å². The summed E-state index contributed by atoms with van der Waals surface area (Å²) in [5.41, 5.74) is 7.65. The topological polar surface area (TPSA) is 70.4 Å². The van der Waals surface area contributed by atoms with Gasteiger partial charge in [-0.15, -0.1) is 0 Å².